The topological polar surface area (TPSA) is 132 Å². The zero-order valence-corrected chi connectivity index (χ0v) is 19.9. The number of H-pyrrole nitrogens is 1. The SMILES string of the molecule is COc1cc(Nc2cc(CO)[nH]n2)nc(N(C)[C@@H]2C[C@H]3CCC[C@@H](C2)N3C(=O)c2ccccn2)n1. The van der Waals surface area contributed by atoms with E-state index in [1.807, 2.05) is 19.2 Å². The Labute approximate surface area is 203 Å². The molecule has 5 rings (SSSR count). The lowest BCUT2D eigenvalue weighted by molar-refractivity contribution is 0.0232. The number of aromatic nitrogens is 5. The Morgan fingerprint density at radius 2 is 2.03 bits per heavy atom. The number of methoxy groups -OCH3 is 1. The van der Waals surface area contributed by atoms with Crippen molar-refractivity contribution in [3.8, 4) is 5.88 Å². The Balaban J connectivity index is 1.35. The van der Waals surface area contributed by atoms with Gasteiger partial charge in [-0.05, 0) is 44.2 Å². The number of nitrogens with one attached hydrogen (secondary N) is 2. The van der Waals surface area contributed by atoms with Crippen LogP contribution in [-0.4, -0.2) is 73.3 Å². The molecule has 0 aliphatic carbocycles. The van der Waals surface area contributed by atoms with Crippen LogP contribution in [0.15, 0.2) is 36.5 Å². The normalized spacial score (nSPS) is 21.5. The number of hydrogen-bond acceptors (Lipinski definition) is 9. The van der Waals surface area contributed by atoms with Crippen molar-refractivity contribution in [2.45, 2.75) is 56.8 Å². The number of aromatic amines is 1. The Kier molecular flexibility index (Phi) is 6.49. The number of carbonyl (C=O) groups is 1. The summed E-state index contributed by atoms with van der Waals surface area (Å²) in [6, 6.07) is 9.40. The first-order valence-electron chi connectivity index (χ1n) is 11.9. The van der Waals surface area contributed by atoms with Crippen molar-refractivity contribution < 1.29 is 14.6 Å². The molecule has 5 heterocycles. The van der Waals surface area contributed by atoms with E-state index in [1.54, 1.807) is 31.5 Å². The number of aliphatic hydroxyl groups is 1. The Hall–Kier alpha value is -3.73. The molecule has 1 amide bonds. The average molecular weight is 479 g/mol. The van der Waals surface area contributed by atoms with E-state index in [9.17, 15) is 9.90 Å². The van der Waals surface area contributed by atoms with Crippen LogP contribution in [0, 0.1) is 0 Å². The fourth-order valence-electron chi connectivity index (χ4n) is 5.16. The third-order valence-corrected chi connectivity index (χ3v) is 6.89. The van der Waals surface area contributed by atoms with Gasteiger partial charge in [0.2, 0.25) is 11.8 Å². The minimum absolute atomic E-state index is 0.0202. The molecule has 2 saturated heterocycles. The van der Waals surface area contributed by atoms with E-state index in [4.69, 9.17) is 9.72 Å². The molecule has 3 atom stereocenters. The van der Waals surface area contributed by atoms with E-state index in [0.29, 0.717) is 34.9 Å². The smallest absolute Gasteiger partial charge is 0.272 e. The number of rotatable bonds is 7. The zero-order valence-electron chi connectivity index (χ0n) is 19.9. The molecule has 11 heteroatoms. The highest BCUT2D eigenvalue weighted by atomic mass is 16.5. The van der Waals surface area contributed by atoms with Gasteiger partial charge < -0.3 is 25.0 Å². The summed E-state index contributed by atoms with van der Waals surface area (Å²) < 4.78 is 5.42. The highest BCUT2D eigenvalue weighted by Crippen LogP contribution is 2.37. The van der Waals surface area contributed by atoms with E-state index >= 15 is 0 Å². The van der Waals surface area contributed by atoms with Crippen LogP contribution in [-0.2, 0) is 6.61 Å². The van der Waals surface area contributed by atoms with Crippen LogP contribution in [0.2, 0.25) is 0 Å². The number of amides is 1. The number of aliphatic hydroxyl groups excluding tert-OH is 1. The van der Waals surface area contributed by atoms with Crippen LogP contribution in [0.5, 0.6) is 5.88 Å². The number of hydrogen-bond donors (Lipinski definition) is 3. The van der Waals surface area contributed by atoms with Crippen molar-refractivity contribution in [1.29, 1.82) is 0 Å². The molecule has 3 aromatic heterocycles. The molecular weight excluding hydrogens is 448 g/mol. The molecule has 0 spiro atoms. The molecule has 0 radical (unpaired) electrons. The molecule has 2 aliphatic rings. The van der Waals surface area contributed by atoms with Crippen molar-refractivity contribution in [3.63, 3.8) is 0 Å². The summed E-state index contributed by atoms with van der Waals surface area (Å²) in [4.78, 5) is 31.0. The van der Waals surface area contributed by atoms with E-state index in [1.165, 1.54) is 0 Å². The van der Waals surface area contributed by atoms with Gasteiger partial charge in [-0.25, -0.2) is 0 Å². The molecule has 2 bridgehead atoms. The number of anilines is 3. The molecule has 2 aliphatic heterocycles. The summed E-state index contributed by atoms with van der Waals surface area (Å²) in [5, 5.41) is 19.3. The molecule has 2 fully saturated rings. The number of ether oxygens (including phenoxy) is 1. The molecule has 11 nitrogen and oxygen atoms in total. The van der Waals surface area contributed by atoms with Crippen LogP contribution in [0.1, 0.15) is 48.3 Å². The van der Waals surface area contributed by atoms with Gasteiger partial charge in [-0.2, -0.15) is 15.1 Å². The highest BCUT2D eigenvalue weighted by Gasteiger charge is 2.43. The molecule has 3 N–H and O–H groups in total. The van der Waals surface area contributed by atoms with Crippen LogP contribution < -0.4 is 15.0 Å². The van der Waals surface area contributed by atoms with Crippen molar-refractivity contribution in [2.75, 3.05) is 24.4 Å². The molecule has 35 heavy (non-hydrogen) atoms. The monoisotopic (exact) mass is 478 g/mol. The minimum atomic E-state index is -0.125. The first-order chi connectivity index (χ1) is 17.1. The lowest BCUT2D eigenvalue weighted by Crippen LogP contribution is -2.58. The van der Waals surface area contributed by atoms with Crippen molar-refractivity contribution >= 4 is 23.5 Å². The molecular formula is C24H30N8O3. The lowest BCUT2D eigenvalue weighted by Gasteiger charge is -2.50. The first kappa shape index (κ1) is 23.0. The van der Waals surface area contributed by atoms with Gasteiger partial charge in [0.15, 0.2) is 5.82 Å². The third kappa shape index (κ3) is 4.76. The van der Waals surface area contributed by atoms with Crippen molar-refractivity contribution in [3.05, 3.63) is 47.9 Å². The summed E-state index contributed by atoms with van der Waals surface area (Å²) in [6.45, 7) is -0.125. The average Bonchev–Trinajstić information content (AvgIpc) is 3.34. The number of carbonyl (C=O) groups excluding carboxylic acids is 1. The van der Waals surface area contributed by atoms with Crippen molar-refractivity contribution in [2.24, 2.45) is 0 Å². The second-order valence-corrected chi connectivity index (χ2v) is 9.06. The van der Waals surface area contributed by atoms with E-state index in [-0.39, 0.29) is 30.6 Å². The highest BCUT2D eigenvalue weighted by molar-refractivity contribution is 5.92. The van der Waals surface area contributed by atoms with Gasteiger partial charge in [-0.15, -0.1) is 0 Å². The summed E-state index contributed by atoms with van der Waals surface area (Å²) in [7, 11) is 3.56. The van der Waals surface area contributed by atoms with Gasteiger partial charge in [0.05, 0.1) is 19.4 Å². The van der Waals surface area contributed by atoms with Gasteiger partial charge in [0.1, 0.15) is 11.5 Å². The summed E-state index contributed by atoms with van der Waals surface area (Å²) in [5.41, 5.74) is 1.11. The van der Waals surface area contributed by atoms with E-state index in [2.05, 4.69) is 35.3 Å². The number of piperidine rings is 2. The fourth-order valence-corrected chi connectivity index (χ4v) is 5.16. The van der Waals surface area contributed by atoms with Gasteiger partial charge >= 0.3 is 0 Å². The quantitative estimate of drug-likeness (QED) is 0.468. The maximum atomic E-state index is 13.3. The zero-order chi connectivity index (χ0) is 24.4. The van der Waals surface area contributed by atoms with E-state index in [0.717, 1.165) is 32.1 Å². The Morgan fingerprint density at radius 1 is 1.23 bits per heavy atom. The summed E-state index contributed by atoms with van der Waals surface area (Å²) >= 11 is 0. The van der Waals surface area contributed by atoms with Crippen LogP contribution in [0.4, 0.5) is 17.6 Å². The maximum Gasteiger partial charge on any atom is 0.272 e. The largest absolute Gasteiger partial charge is 0.481 e. The predicted octanol–water partition coefficient (Wildman–Crippen LogP) is 2.50. The van der Waals surface area contributed by atoms with Gasteiger partial charge in [-0.3, -0.25) is 14.9 Å². The summed E-state index contributed by atoms with van der Waals surface area (Å²) in [5.74, 6) is 2.08. The Bertz CT molecular complexity index is 1160. The van der Waals surface area contributed by atoms with Gasteiger partial charge in [-0.1, -0.05) is 6.07 Å². The second-order valence-electron chi connectivity index (χ2n) is 9.06. The lowest BCUT2D eigenvalue weighted by atomic mass is 9.81. The van der Waals surface area contributed by atoms with Crippen LogP contribution in [0.25, 0.3) is 0 Å². The molecule has 0 saturated carbocycles. The third-order valence-electron chi connectivity index (χ3n) is 6.89. The maximum absolute atomic E-state index is 13.3. The van der Waals surface area contributed by atoms with Crippen molar-refractivity contribution in [1.82, 2.24) is 30.0 Å². The summed E-state index contributed by atoms with van der Waals surface area (Å²) in [6.07, 6.45) is 6.45. The van der Waals surface area contributed by atoms with Crippen LogP contribution in [0.3, 0.4) is 0 Å². The van der Waals surface area contributed by atoms with E-state index < -0.39 is 0 Å². The molecule has 0 aromatic carbocycles. The van der Waals surface area contributed by atoms with Crippen LogP contribution >= 0.6 is 0 Å². The minimum Gasteiger partial charge on any atom is -0.481 e. The standard InChI is InChI=1S/C24H30N8O3/c1-31(24-27-20(13-22(28-24)35-2)26-21-10-15(14-33)29-30-21)18-11-16-6-5-7-17(12-18)32(16)23(34)19-8-3-4-9-25-19/h3-4,8-10,13,16-18,33H,5-7,11-12,14H2,1-2H3,(H2,26,27,28,29,30)/t16-,17+,18-. The molecule has 0 unspecified atom stereocenters. The second kappa shape index (κ2) is 9.87. The van der Waals surface area contributed by atoms with Gasteiger partial charge in [0.25, 0.3) is 5.91 Å². The van der Waals surface area contributed by atoms with Gasteiger partial charge in [0, 0.05) is 43.5 Å². The molecule has 184 valence electrons. The number of pyridine rings is 1. The molecule has 3 aromatic rings. The predicted molar refractivity (Wildman–Crippen MR) is 130 cm³/mol. The first-order valence-corrected chi connectivity index (χ1v) is 11.9. The number of nitrogens with zero attached hydrogens (tertiary/aromatic N) is 6. The fraction of sp³-hybridized carbons (Fsp3) is 0.458. The number of fused-ring (bicyclic) bond motifs is 2. The Morgan fingerprint density at radius 3 is 2.69 bits per heavy atom.